The molecule has 0 radical (unpaired) electrons. The fraction of sp³-hybridized carbons (Fsp3) is 0.375. The number of hydrogen-bond donors (Lipinski definition) is 2. The van der Waals surface area contributed by atoms with Crippen molar-refractivity contribution in [3.05, 3.63) is 12.2 Å². The predicted octanol–water partition coefficient (Wildman–Crippen LogP) is 0.403. The minimum atomic E-state index is -1.59. The molecule has 0 saturated carbocycles. The molecule has 6 heteroatoms. The molecule has 78 valence electrons. The van der Waals surface area contributed by atoms with E-state index in [9.17, 15) is 14.4 Å². The van der Waals surface area contributed by atoms with Crippen LogP contribution in [0.25, 0.3) is 0 Å². The standard InChI is InChI=1S/C8H10O5S/c1-2-14-6(8(12)13)4-3-5(9)7(10)11/h3-4,6H,2H2,1H3,(H,10,11)(H,12,13). The molecule has 0 bridgehead atoms. The highest BCUT2D eigenvalue weighted by Crippen LogP contribution is 2.11. The van der Waals surface area contributed by atoms with Crippen molar-refractivity contribution in [3.8, 4) is 0 Å². The number of carboxylic acid groups (broad SMARTS) is 2. The summed E-state index contributed by atoms with van der Waals surface area (Å²) >= 11 is 1.11. The maximum Gasteiger partial charge on any atom is 0.376 e. The third-order valence-corrected chi connectivity index (χ3v) is 2.27. The lowest BCUT2D eigenvalue weighted by Gasteiger charge is -2.03. The Labute approximate surface area is 84.8 Å². The first-order chi connectivity index (χ1) is 6.49. The lowest BCUT2D eigenvalue weighted by atomic mass is 10.3. The van der Waals surface area contributed by atoms with Gasteiger partial charge in [-0.15, -0.1) is 11.8 Å². The van der Waals surface area contributed by atoms with Crippen molar-refractivity contribution in [3.63, 3.8) is 0 Å². The third kappa shape index (κ3) is 4.66. The predicted molar refractivity (Wildman–Crippen MR) is 51.3 cm³/mol. The molecule has 0 aliphatic rings. The van der Waals surface area contributed by atoms with E-state index in [1.54, 1.807) is 6.92 Å². The van der Waals surface area contributed by atoms with E-state index in [1.807, 2.05) is 0 Å². The van der Waals surface area contributed by atoms with E-state index in [4.69, 9.17) is 10.2 Å². The molecule has 0 spiro atoms. The van der Waals surface area contributed by atoms with Gasteiger partial charge in [0.05, 0.1) is 0 Å². The van der Waals surface area contributed by atoms with Crippen LogP contribution < -0.4 is 0 Å². The van der Waals surface area contributed by atoms with Crippen LogP contribution in [-0.4, -0.2) is 38.9 Å². The van der Waals surface area contributed by atoms with Gasteiger partial charge in [-0.05, 0) is 11.8 Å². The monoisotopic (exact) mass is 218 g/mol. The van der Waals surface area contributed by atoms with Gasteiger partial charge >= 0.3 is 11.9 Å². The quantitative estimate of drug-likeness (QED) is 0.495. The van der Waals surface area contributed by atoms with Crippen molar-refractivity contribution in [2.24, 2.45) is 0 Å². The Balaban J connectivity index is 4.36. The molecular weight excluding hydrogens is 208 g/mol. The summed E-state index contributed by atoms with van der Waals surface area (Å²) in [5.41, 5.74) is 0. The van der Waals surface area contributed by atoms with Gasteiger partial charge in [0.1, 0.15) is 5.25 Å². The van der Waals surface area contributed by atoms with E-state index < -0.39 is 23.0 Å². The summed E-state index contributed by atoms with van der Waals surface area (Å²) in [6.07, 6.45) is 1.84. The summed E-state index contributed by atoms with van der Waals surface area (Å²) in [5, 5.41) is 16.0. The van der Waals surface area contributed by atoms with Crippen molar-refractivity contribution in [1.29, 1.82) is 0 Å². The van der Waals surface area contributed by atoms with Crippen LogP contribution in [0.2, 0.25) is 0 Å². The Kier molecular flexibility index (Phi) is 5.62. The highest BCUT2D eigenvalue weighted by atomic mass is 32.2. The Morgan fingerprint density at radius 3 is 2.29 bits per heavy atom. The molecule has 2 N–H and O–H groups in total. The number of hydrogen-bond acceptors (Lipinski definition) is 4. The molecule has 1 atom stereocenters. The number of carbonyl (C=O) groups is 3. The van der Waals surface area contributed by atoms with E-state index >= 15 is 0 Å². The van der Waals surface area contributed by atoms with Crippen LogP contribution in [0.1, 0.15) is 6.92 Å². The Morgan fingerprint density at radius 1 is 1.36 bits per heavy atom. The average molecular weight is 218 g/mol. The number of carbonyl (C=O) groups excluding carboxylic acids is 1. The van der Waals surface area contributed by atoms with Gasteiger partial charge in [-0.2, -0.15) is 0 Å². The van der Waals surface area contributed by atoms with Gasteiger partial charge in [-0.25, -0.2) is 4.79 Å². The van der Waals surface area contributed by atoms with E-state index in [0.29, 0.717) is 5.75 Å². The molecule has 14 heavy (non-hydrogen) atoms. The second kappa shape index (κ2) is 6.20. The normalized spacial score (nSPS) is 12.6. The molecule has 0 fully saturated rings. The molecular formula is C8H10O5S. The van der Waals surface area contributed by atoms with Crippen LogP contribution in [0, 0.1) is 0 Å². The third-order valence-electron chi connectivity index (χ3n) is 1.22. The van der Waals surface area contributed by atoms with E-state index in [-0.39, 0.29) is 0 Å². The molecule has 1 unspecified atom stereocenters. The van der Waals surface area contributed by atoms with Crippen molar-refractivity contribution < 1.29 is 24.6 Å². The molecule has 0 amide bonds. The molecule has 0 rings (SSSR count). The van der Waals surface area contributed by atoms with Crippen molar-refractivity contribution in [2.45, 2.75) is 12.2 Å². The van der Waals surface area contributed by atoms with E-state index in [1.165, 1.54) is 0 Å². The Bertz CT molecular complexity index is 271. The second-order valence-electron chi connectivity index (χ2n) is 2.24. The number of ketones is 1. The van der Waals surface area contributed by atoms with Crippen LogP contribution >= 0.6 is 11.8 Å². The van der Waals surface area contributed by atoms with Gasteiger partial charge in [0.15, 0.2) is 0 Å². The van der Waals surface area contributed by atoms with Crippen LogP contribution in [0.5, 0.6) is 0 Å². The van der Waals surface area contributed by atoms with E-state index in [0.717, 1.165) is 23.9 Å². The summed E-state index contributed by atoms with van der Waals surface area (Å²) in [7, 11) is 0. The lowest BCUT2D eigenvalue weighted by molar-refractivity contribution is -0.146. The van der Waals surface area contributed by atoms with Crippen molar-refractivity contribution in [1.82, 2.24) is 0 Å². The summed E-state index contributed by atoms with van der Waals surface area (Å²) < 4.78 is 0. The maximum atomic E-state index is 10.6. The van der Waals surface area contributed by atoms with Gasteiger partial charge < -0.3 is 10.2 Å². The molecule has 0 saturated heterocycles. The summed E-state index contributed by atoms with van der Waals surface area (Å²) in [4.78, 5) is 31.2. The number of carboxylic acids is 2. The molecule has 0 aromatic rings. The largest absolute Gasteiger partial charge is 0.480 e. The second-order valence-corrected chi connectivity index (χ2v) is 3.66. The summed E-state index contributed by atoms with van der Waals surface area (Å²) in [5.74, 6) is -3.23. The van der Waals surface area contributed by atoms with Crippen molar-refractivity contribution >= 4 is 29.5 Å². The molecule has 5 nitrogen and oxygen atoms in total. The van der Waals surface area contributed by atoms with Crippen molar-refractivity contribution in [2.75, 3.05) is 5.75 Å². The SMILES string of the molecule is CCSC(C=CC(=O)C(=O)O)C(=O)O. The minimum absolute atomic E-state index is 0.572. The smallest absolute Gasteiger partial charge is 0.376 e. The first-order valence-electron chi connectivity index (χ1n) is 3.79. The first-order valence-corrected chi connectivity index (χ1v) is 4.83. The Morgan fingerprint density at radius 2 is 1.93 bits per heavy atom. The van der Waals surface area contributed by atoms with Crippen LogP contribution in [-0.2, 0) is 14.4 Å². The summed E-state index contributed by atoms with van der Waals surface area (Å²) in [6, 6.07) is 0. The highest BCUT2D eigenvalue weighted by Gasteiger charge is 2.14. The zero-order chi connectivity index (χ0) is 11.1. The van der Waals surface area contributed by atoms with E-state index in [2.05, 4.69) is 0 Å². The van der Waals surface area contributed by atoms with Gasteiger partial charge in [0, 0.05) is 0 Å². The van der Waals surface area contributed by atoms with Gasteiger partial charge in [0.25, 0.3) is 5.78 Å². The number of rotatable bonds is 6. The Hall–Kier alpha value is -1.30. The highest BCUT2D eigenvalue weighted by molar-refractivity contribution is 8.00. The van der Waals surface area contributed by atoms with Gasteiger partial charge in [-0.1, -0.05) is 13.0 Å². The van der Waals surface area contributed by atoms with Crippen LogP contribution in [0.4, 0.5) is 0 Å². The zero-order valence-corrected chi connectivity index (χ0v) is 8.28. The maximum absolute atomic E-state index is 10.6. The first kappa shape index (κ1) is 12.7. The average Bonchev–Trinajstić information content (AvgIpc) is 2.10. The van der Waals surface area contributed by atoms with Crippen LogP contribution in [0.15, 0.2) is 12.2 Å². The van der Waals surface area contributed by atoms with Gasteiger partial charge in [0.2, 0.25) is 0 Å². The van der Waals surface area contributed by atoms with Gasteiger partial charge in [-0.3, -0.25) is 9.59 Å². The lowest BCUT2D eigenvalue weighted by Crippen LogP contribution is -2.15. The molecule has 0 aromatic carbocycles. The minimum Gasteiger partial charge on any atom is -0.480 e. The number of aliphatic carboxylic acids is 2. The fourth-order valence-corrected chi connectivity index (χ4v) is 1.33. The molecule has 0 aliphatic carbocycles. The molecule has 0 heterocycles. The molecule has 0 aliphatic heterocycles. The zero-order valence-electron chi connectivity index (χ0n) is 7.47. The topological polar surface area (TPSA) is 91.7 Å². The fourth-order valence-electron chi connectivity index (χ4n) is 0.635. The molecule has 0 aromatic heterocycles. The van der Waals surface area contributed by atoms with Crippen LogP contribution in [0.3, 0.4) is 0 Å². The number of thioether (sulfide) groups is 1. The summed E-state index contributed by atoms with van der Waals surface area (Å²) in [6.45, 7) is 1.77.